The minimum Gasteiger partial charge on any atom is -0.447 e. The van der Waals surface area contributed by atoms with Crippen molar-refractivity contribution in [3.63, 3.8) is 0 Å². The predicted molar refractivity (Wildman–Crippen MR) is 97.0 cm³/mol. The first-order valence-corrected chi connectivity index (χ1v) is 9.02. The predicted octanol–water partition coefficient (Wildman–Crippen LogP) is 0.906. The van der Waals surface area contributed by atoms with E-state index >= 15 is 0 Å². The Balaban J connectivity index is 1.89. The molecule has 1 amide bonds. The second-order valence-corrected chi connectivity index (χ2v) is 7.24. The Morgan fingerprint density at radius 2 is 2.15 bits per heavy atom. The van der Waals surface area contributed by atoms with E-state index in [1.54, 1.807) is 18.2 Å². The number of aromatic amines is 1. The molecule has 1 aromatic carbocycles. The van der Waals surface area contributed by atoms with E-state index in [9.17, 15) is 20.1 Å². The number of ether oxygens (including phenoxy) is 2. The number of aliphatic hydroxyl groups is 3. The molecule has 2 heterocycles. The van der Waals surface area contributed by atoms with Gasteiger partial charge in [0.1, 0.15) is 24.4 Å². The van der Waals surface area contributed by atoms with Gasteiger partial charge in [0.25, 0.3) is 0 Å². The standard InChI is InChI=1S/C16H18BrClN2O6/c1-6(22)19-13-15(24)14(23)10(5-21)25-16(13)26-11-4-7-9(20-11)3-2-8(17)12(7)18/h2-4,10,13-16,20-21,23-24H,5H2,1H3,(H,19,22). The summed E-state index contributed by atoms with van der Waals surface area (Å²) >= 11 is 9.60. The van der Waals surface area contributed by atoms with E-state index in [1.165, 1.54) is 6.92 Å². The highest BCUT2D eigenvalue weighted by Crippen LogP contribution is 2.34. The van der Waals surface area contributed by atoms with Crippen LogP contribution in [0.15, 0.2) is 22.7 Å². The first-order valence-electron chi connectivity index (χ1n) is 7.84. The van der Waals surface area contributed by atoms with Crippen molar-refractivity contribution in [2.75, 3.05) is 6.61 Å². The number of carbonyl (C=O) groups is 1. The van der Waals surface area contributed by atoms with E-state index in [0.717, 1.165) is 9.99 Å². The summed E-state index contributed by atoms with van der Waals surface area (Å²) in [6, 6.07) is 4.21. The molecular weight excluding hydrogens is 432 g/mol. The summed E-state index contributed by atoms with van der Waals surface area (Å²) in [5, 5.41) is 33.4. The zero-order chi connectivity index (χ0) is 19.0. The Bertz CT molecular complexity index is 815. The molecular formula is C16H18BrClN2O6. The third-order valence-electron chi connectivity index (χ3n) is 4.16. The Hall–Kier alpha value is -1.36. The molecule has 0 saturated carbocycles. The molecule has 142 valence electrons. The Morgan fingerprint density at radius 1 is 1.42 bits per heavy atom. The highest BCUT2D eigenvalue weighted by molar-refractivity contribution is 9.10. The van der Waals surface area contributed by atoms with Crippen molar-refractivity contribution < 1.29 is 29.6 Å². The van der Waals surface area contributed by atoms with Crippen LogP contribution in [-0.4, -0.2) is 63.5 Å². The lowest BCUT2D eigenvalue weighted by Crippen LogP contribution is -2.65. The van der Waals surface area contributed by atoms with Crippen LogP contribution in [0.25, 0.3) is 10.9 Å². The minimum atomic E-state index is -1.38. The molecule has 1 fully saturated rings. The molecule has 10 heteroatoms. The zero-order valence-electron chi connectivity index (χ0n) is 13.6. The third-order valence-corrected chi connectivity index (χ3v) is 5.46. The number of aliphatic hydroxyl groups excluding tert-OH is 3. The van der Waals surface area contributed by atoms with Crippen molar-refractivity contribution in [1.29, 1.82) is 0 Å². The molecule has 0 radical (unpaired) electrons. The molecule has 2 aromatic rings. The van der Waals surface area contributed by atoms with Crippen LogP contribution in [0.4, 0.5) is 0 Å². The number of fused-ring (bicyclic) bond motifs is 1. The van der Waals surface area contributed by atoms with Gasteiger partial charge in [-0.05, 0) is 28.1 Å². The van der Waals surface area contributed by atoms with Crippen LogP contribution < -0.4 is 10.1 Å². The second-order valence-electron chi connectivity index (χ2n) is 6.01. The van der Waals surface area contributed by atoms with Crippen LogP contribution in [0.3, 0.4) is 0 Å². The maximum absolute atomic E-state index is 11.4. The number of amides is 1. The summed E-state index contributed by atoms with van der Waals surface area (Å²) in [6.07, 6.45) is -4.94. The molecule has 26 heavy (non-hydrogen) atoms. The SMILES string of the molecule is CC(=O)NC1C(Oc2cc3c(Cl)c(Br)ccc3[nH]2)OC(CO)C(O)C1O. The molecule has 1 aromatic heterocycles. The lowest BCUT2D eigenvalue weighted by molar-refractivity contribution is -0.245. The number of carbonyl (C=O) groups excluding carboxylic acids is 1. The normalized spacial score (nSPS) is 28.9. The van der Waals surface area contributed by atoms with Crippen LogP contribution in [0.1, 0.15) is 6.92 Å². The Morgan fingerprint density at radius 3 is 2.81 bits per heavy atom. The van der Waals surface area contributed by atoms with Crippen molar-refractivity contribution in [2.45, 2.75) is 37.6 Å². The van der Waals surface area contributed by atoms with Crippen LogP contribution in [0, 0.1) is 0 Å². The van der Waals surface area contributed by atoms with E-state index in [2.05, 4.69) is 26.2 Å². The van der Waals surface area contributed by atoms with Crippen molar-refractivity contribution in [2.24, 2.45) is 0 Å². The van der Waals surface area contributed by atoms with Crippen LogP contribution in [-0.2, 0) is 9.53 Å². The van der Waals surface area contributed by atoms with E-state index < -0.39 is 43.2 Å². The van der Waals surface area contributed by atoms with Gasteiger partial charge < -0.3 is 35.1 Å². The highest BCUT2D eigenvalue weighted by Gasteiger charge is 2.46. The molecule has 8 nitrogen and oxygen atoms in total. The van der Waals surface area contributed by atoms with Gasteiger partial charge in [-0.15, -0.1) is 0 Å². The lowest BCUT2D eigenvalue weighted by atomic mass is 9.97. The van der Waals surface area contributed by atoms with Gasteiger partial charge in [0, 0.05) is 28.4 Å². The first kappa shape index (κ1) is 19.4. The van der Waals surface area contributed by atoms with E-state index in [0.29, 0.717) is 16.3 Å². The molecule has 5 unspecified atom stereocenters. The van der Waals surface area contributed by atoms with Crippen molar-refractivity contribution >= 4 is 44.3 Å². The smallest absolute Gasteiger partial charge is 0.225 e. The summed E-state index contributed by atoms with van der Waals surface area (Å²) in [6.45, 7) is 0.755. The molecule has 0 bridgehead atoms. The highest BCUT2D eigenvalue weighted by atomic mass is 79.9. The monoisotopic (exact) mass is 448 g/mol. The molecule has 0 aliphatic carbocycles. The third kappa shape index (κ3) is 3.68. The lowest BCUT2D eigenvalue weighted by Gasteiger charge is -2.41. The number of rotatable bonds is 4. The van der Waals surface area contributed by atoms with Gasteiger partial charge >= 0.3 is 0 Å². The fraction of sp³-hybridized carbons (Fsp3) is 0.438. The first-order chi connectivity index (χ1) is 12.3. The summed E-state index contributed by atoms with van der Waals surface area (Å²) in [5.74, 6) is -0.134. The molecule has 1 aliphatic rings. The van der Waals surface area contributed by atoms with Gasteiger partial charge in [0.2, 0.25) is 12.2 Å². The number of H-pyrrole nitrogens is 1. The van der Waals surface area contributed by atoms with Crippen LogP contribution >= 0.6 is 27.5 Å². The van der Waals surface area contributed by atoms with E-state index in [1.807, 2.05) is 0 Å². The quantitative estimate of drug-likeness (QED) is 0.473. The van der Waals surface area contributed by atoms with Gasteiger partial charge in [-0.1, -0.05) is 11.6 Å². The number of hydrogen-bond donors (Lipinski definition) is 5. The van der Waals surface area contributed by atoms with Gasteiger partial charge in [-0.3, -0.25) is 4.79 Å². The average Bonchev–Trinajstić information content (AvgIpc) is 3.01. The van der Waals surface area contributed by atoms with E-state index in [-0.39, 0.29) is 0 Å². The number of nitrogens with one attached hydrogen (secondary N) is 2. The molecule has 3 rings (SSSR count). The fourth-order valence-electron chi connectivity index (χ4n) is 2.88. The minimum absolute atomic E-state index is 0.292. The summed E-state index contributed by atoms with van der Waals surface area (Å²) in [5.41, 5.74) is 0.722. The van der Waals surface area contributed by atoms with Crippen LogP contribution in [0.2, 0.25) is 5.02 Å². The molecule has 1 aliphatic heterocycles. The van der Waals surface area contributed by atoms with E-state index in [4.69, 9.17) is 21.1 Å². The molecule has 1 saturated heterocycles. The largest absolute Gasteiger partial charge is 0.447 e. The number of hydrogen-bond acceptors (Lipinski definition) is 6. The fourth-order valence-corrected chi connectivity index (χ4v) is 3.44. The number of aromatic nitrogens is 1. The summed E-state index contributed by atoms with van der Waals surface area (Å²) < 4.78 is 12.0. The average molecular weight is 450 g/mol. The topological polar surface area (TPSA) is 124 Å². The van der Waals surface area contributed by atoms with Gasteiger partial charge in [0.15, 0.2) is 5.88 Å². The van der Waals surface area contributed by atoms with Gasteiger partial charge in [0.05, 0.1) is 11.6 Å². The molecule has 5 N–H and O–H groups in total. The number of halogens is 2. The van der Waals surface area contributed by atoms with Gasteiger partial charge in [-0.2, -0.15) is 0 Å². The molecule has 5 atom stereocenters. The van der Waals surface area contributed by atoms with Crippen LogP contribution in [0.5, 0.6) is 5.88 Å². The van der Waals surface area contributed by atoms with Crippen molar-refractivity contribution in [3.05, 3.63) is 27.7 Å². The summed E-state index contributed by atoms with van der Waals surface area (Å²) in [4.78, 5) is 14.5. The maximum atomic E-state index is 11.4. The van der Waals surface area contributed by atoms with Crippen molar-refractivity contribution in [3.8, 4) is 5.88 Å². The molecule has 0 spiro atoms. The Kier molecular flexibility index (Phi) is 5.75. The zero-order valence-corrected chi connectivity index (χ0v) is 16.0. The Labute approximate surface area is 162 Å². The second kappa shape index (κ2) is 7.71. The van der Waals surface area contributed by atoms with Gasteiger partial charge in [-0.25, -0.2) is 0 Å². The van der Waals surface area contributed by atoms with Crippen molar-refractivity contribution in [1.82, 2.24) is 10.3 Å². The number of benzene rings is 1. The maximum Gasteiger partial charge on any atom is 0.225 e. The summed E-state index contributed by atoms with van der Waals surface area (Å²) in [7, 11) is 0.